The number of hydrogen-bond donors (Lipinski definition) is 2. The zero-order valence-corrected chi connectivity index (χ0v) is 30.7. The molecule has 0 fully saturated rings. The van der Waals surface area contributed by atoms with Gasteiger partial charge in [-0.3, -0.25) is 59.2 Å². The molecule has 0 unspecified atom stereocenters. The predicted molar refractivity (Wildman–Crippen MR) is 214 cm³/mol. The van der Waals surface area contributed by atoms with Crippen molar-refractivity contribution in [2.24, 2.45) is 7.05 Å². The molecule has 0 aliphatic carbocycles. The van der Waals surface area contributed by atoms with Crippen LogP contribution < -0.4 is 21.2 Å². The Balaban J connectivity index is 0.000000166. The molecule has 57 heavy (non-hydrogen) atoms. The lowest BCUT2D eigenvalue weighted by molar-refractivity contribution is -0.385. The second-order valence-electron chi connectivity index (χ2n) is 12.4. The largest absolute Gasteiger partial charge is 0.341 e. The van der Waals surface area contributed by atoms with Crippen LogP contribution in [0, 0.1) is 27.2 Å². The Labute approximate surface area is 324 Å². The van der Waals surface area contributed by atoms with Crippen molar-refractivity contribution in [1.82, 2.24) is 29.8 Å². The summed E-state index contributed by atoms with van der Waals surface area (Å²) in [7, 11) is 3.64. The van der Waals surface area contributed by atoms with Gasteiger partial charge in [-0.2, -0.15) is 5.10 Å². The fraction of sp³-hybridized carbons (Fsp3) is 0.0750. The van der Waals surface area contributed by atoms with Gasteiger partial charge in [-0.25, -0.2) is 4.98 Å². The Hall–Kier alpha value is -8.21. The number of allylic oxidation sites excluding steroid dienone is 3. The number of nitrogens with one attached hydrogen (secondary N) is 2. The number of amides is 1. The van der Waals surface area contributed by atoms with Crippen LogP contribution in [-0.4, -0.2) is 53.4 Å². The van der Waals surface area contributed by atoms with Crippen LogP contribution >= 0.6 is 0 Å². The van der Waals surface area contributed by atoms with Crippen molar-refractivity contribution in [3.05, 3.63) is 193 Å². The Morgan fingerprint density at radius 2 is 1.46 bits per heavy atom. The summed E-state index contributed by atoms with van der Waals surface area (Å²) >= 11 is 0. The zero-order chi connectivity index (χ0) is 40.6. The number of non-ortho nitro benzene ring substituents is 2. The second kappa shape index (κ2) is 16.9. The van der Waals surface area contributed by atoms with Crippen molar-refractivity contribution in [3.63, 3.8) is 0 Å². The number of aryl methyl sites for hydroxylation is 2. The summed E-state index contributed by atoms with van der Waals surface area (Å²) in [5, 5.41) is 31.3. The van der Waals surface area contributed by atoms with Gasteiger partial charge in [-0.1, -0.05) is 36.4 Å². The molecule has 286 valence electrons. The zero-order valence-electron chi connectivity index (χ0n) is 30.7. The first-order valence-electron chi connectivity index (χ1n) is 17.2. The Bertz CT molecular complexity index is 2680. The summed E-state index contributed by atoms with van der Waals surface area (Å²) in [6.07, 6.45) is 9.81. The number of rotatable bonds is 6. The van der Waals surface area contributed by atoms with Crippen LogP contribution in [0.25, 0.3) is 16.6 Å². The molecule has 17 nitrogen and oxygen atoms in total. The number of aldehydes is 1. The van der Waals surface area contributed by atoms with E-state index >= 15 is 0 Å². The maximum atomic E-state index is 13.2. The van der Waals surface area contributed by atoms with Crippen molar-refractivity contribution in [2.45, 2.75) is 6.92 Å². The van der Waals surface area contributed by atoms with E-state index in [0.717, 1.165) is 12.0 Å². The number of fused-ring (bicyclic) bond motifs is 2. The molecule has 0 atom stereocenters. The van der Waals surface area contributed by atoms with Gasteiger partial charge in [0.1, 0.15) is 17.3 Å². The molecule has 8 rings (SSSR count). The number of carbonyl (C=O) groups is 2. The molecule has 6 aromatic rings. The minimum absolute atomic E-state index is 0.0630. The molecule has 4 heterocycles. The highest BCUT2D eigenvalue weighted by molar-refractivity contribution is 6.14. The average Bonchev–Trinajstić information content (AvgIpc) is 3.84. The van der Waals surface area contributed by atoms with E-state index in [2.05, 4.69) is 20.8 Å². The molecule has 0 saturated heterocycles. The number of nitro groups is 2. The van der Waals surface area contributed by atoms with E-state index in [0.29, 0.717) is 50.9 Å². The molecule has 2 aliphatic heterocycles. The smallest absolute Gasteiger partial charge is 0.271 e. The average molecular weight is 767 g/mol. The summed E-state index contributed by atoms with van der Waals surface area (Å²) in [6, 6.07) is 27.8. The summed E-state index contributed by atoms with van der Waals surface area (Å²) in [6.45, 7) is 1.70. The van der Waals surface area contributed by atoms with Gasteiger partial charge in [-0.05, 0) is 67.6 Å². The maximum absolute atomic E-state index is 13.2. The van der Waals surface area contributed by atoms with Crippen molar-refractivity contribution in [3.8, 4) is 5.69 Å². The number of para-hydroxylation sites is 2. The van der Waals surface area contributed by atoms with Crippen LogP contribution in [0.5, 0.6) is 0 Å². The van der Waals surface area contributed by atoms with E-state index in [4.69, 9.17) is 0 Å². The van der Waals surface area contributed by atoms with Crippen LogP contribution in [0.4, 0.5) is 22.7 Å². The Morgan fingerprint density at radius 3 is 2.09 bits per heavy atom. The standard InChI is InChI=1S/C20H17N5O3.C15H11N3O3.C5H6N2O/c1-23-12-11-14(22-23)9-10-19-21-18-8-3-2-7-17(18)20(26)24(19)15-5-4-6-16(13-15)25(27)28;1-10-16-14-8-3-2-7-13(14)15(19)17(10)11-5-4-6-12(9-11)18(20)21;1-7-3-2-5(4-8)6-7/h2-13,21-22H,1H3;2-9H,1H3;2-4H,1H3. The first-order chi connectivity index (χ1) is 27.4. The molecule has 1 amide bonds. The molecule has 4 aromatic carbocycles. The van der Waals surface area contributed by atoms with E-state index in [1.807, 2.05) is 43.6 Å². The van der Waals surface area contributed by atoms with E-state index < -0.39 is 9.85 Å². The van der Waals surface area contributed by atoms with Crippen LogP contribution in [0.2, 0.25) is 0 Å². The topological polar surface area (TPSA) is 204 Å². The number of anilines is 2. The highest BCUT2D eigenvalue weighted by Crippen LogP contribution is 2.33. The number of hydrogen-bond acceptors (Lipinski definition) is 12. The quantitative estimate of drug-likeness (QED) is 0.111. The van der Waals surface area contributed by atoms with Crippen molar-refractivity contribution in [1.29, 1.82) is 0 Å². The Kier molecular flexibility index (Phi) is 11.4. The molecule has 2 aliphatic rings. The van der Waals surface area contributed by atoms with Crippen LogP contribution in [0.1, 0.15) is 26.7 Å². The van der Waals surface area contributed by atoms with Gasteiger partial charge in [-0.15, -0.1) is 0 Å². The maximum Gasteiger partial charge on any atom is 0.271 e. The predicted octanol–water partition coefficient (Wildman–Crippen LogP) is 6.19. The number of aromatic nitrogens is 4. The summed E-state index contributed by atoms with van der Waals surface area (Å²) in [4.78, 5) is 62.6. The van der Waals surface area contributed by atoms with Gasteiger partial charge >= 0.3 is 0 Å². The lowest BCUT2D eigenvalue weighted by atomic mass is 10.1. The van der Waals surface area contributed by atoms with Crippen LogP contribution in [-0.2, 0) is 7.05 Å². The third kappa shape index (κ3) is 8.79. The number of hydrazine groups is 1. The first kappa shape index (κ1) is 38.5. The van der Waals surface area contributed by atoms with E-state index in [9.17, 15) is 34.6 Å². The molecule has 0 bridgehead atoms. The van der Waals surface area contributed by atoms with Crippen LogP contribution in [0.3, 0.4) is 0 Å². The summed E-state index contributed by atoms with van der Waals surface area (Å²) in [5.74, 6) is 0.729. The number of nitro benzene ring substituents is 2. The van der Waals surface area contributed by atoms with Gasteiger partial charge in [0.25, 0.3) is 22.8 Å². The van der Waals surface area contributed by atoms with E-state index in [1.165, 1.54) is 33.7 Å². The first-order valence-corrected chi connectivity index (χ1v) is 17.2. The third-order valence-corrected chi connectivity index (χ3v) is 8.46. The summed E-state index contributed by atoms with van der Waals surface area (Å²) < 4.78 is 2.97. The van der Waals surface area contributed by atoms with Gasteiger partial charge in [0.2, 0.25) is 0 Å². The Morgan fingerprint density at radius 1 is 0.789 bits per heavy atom. The summed E-state index contributed by atoms with van der Waals surface area (Å²) in [5.41, 5.74) is 6.71. The fourth-order valence-electron chi connectivity index (χ4n) is 5.84. The van der Waals surface area contributed by atoms with Gasteiger partial charge < -0.3 is 5.32 Å². The van der Waals surface area contributed by atoms with Crippen molar-refractivity contribution in [2.75, 3.05) is 17.3 Å². The van der Waals surface area contributed by atoms with E-state index in [1.54, 1.807) is 96.6 Å². The van der Waals surface area contributed by atoms with E-state index in [-0.39, 0.29) is 22.8 Å². The lowest BCUT2D eigenvalue weighted by Gasteiger charge is -2.32. The van der Waals surface area contributed by atoms with Gasteiger partial charge in [0.15, 0.2) is 6.29 Å². The fourth-order valence-corrected chi connectivity index (χ4v) is 5.84. The van der Waals surface area contributed by atoms with Crippen LogP contribution in [0.15, 0.2) is 150 Å². The minimum Gasteiger partial charge on any atom is -0.341 e. The number of carbonyl (C=O) groups excluding carboxylic acids is 2. The normalized spacial score (nSPS) is 14.2. The van der Waals surface area contributed by atoms with Gasteiger partial charge in [0.05, 0.1) is 49.1 Å². The molecule has 0 saturated carbocycles. The van der Waals surface area contributed by atoms with Crippen molar-refractivity contribution < 1.29 is 19.4 Å². The minimum atomic E-state index is -0.488. The van der Waals surface area contributed by atoms with Gasteiger partial charge in [0, 0.05) is 50.8 Å². The monoisotopic (exact) mass is 766 g/mol. The molecule has 2 aromatic heterocycles. The highest BCUT2D eigenvalue weighted by Gasteiger charge is 2.30. The van der Waals surface area contributed by atoms with Crippen molar-refractivity contribution >= 4 is 45.8 Å². The molecular formula is C40H34N10O7. The molecule has 0 spiro atoms. The third-order valence-electron chi connectivity index (χ3n) is 8.46. The lowest BCUT2D eigenvalue weighted by Crippen LogP contribution is -2.38. The number of benzene rings is 4. The SMILES string of the molecule is CN1C=CC(=CC=C2Nc3ccccc3C(=O)N2c2cccc([N+](=O)[O-])c2)N1.Cc1nc2ccccc2c(=O)n1-c1cccc([N+](=O)[O-])c1.Cn1ccc(C=O)n1. The highest BCUT2D eigenvalue weighted by atomic mass is 16.6. The molecule has 2 N–H and O–H groups in total. The second-order valence-corrected chi connectivity index (χ2v) is 12.4. The molecule has 0 radical (unpaired) electrons. The molecule has 17 heteroatoms. The number of nitrogens with zero attached hydrogens (tertiary/aromatic N) is 8. The molecular weight excluding hydrogens is 733 g/mol.